The van der Waals surface area contributed by atoms with Crippen LogP contribution in [0.15, 0.2) is 120 Å². The molecule has 4 amide bonds. The first kappa shape index (κ1) is 86.9. The highest BCUT2D eigenvalue weighted by Gasteiger charge is 2.35. The number of pyridine rings is 1. The molecular weight excluding hydrogens is 1730 g/mol. The fourth-order valence-electron chi connectivity index (χ4n) is 15.2. The predicted molar refractivity (Wildman–Crippen MR) is 475 cm³/mol. The minimum Gasteiger partial charge on any atom is -0.423 e. The molecule has 4 aliphatic carbocycles. The molecule has 0 saturated carbocycles. The van der Waals surface area contributed by atoms with Gasteiger partial charge in [-0.3, -0.25) is 24.2 Å². The number of thioether (sulfide) groups is 3. The molecule has 0 radical (unpaired) electrons. The summed E-state index contributed by atoms with van der Waals surface area (Å²) in [5.41, 5.74) is 21.9. The zero-order valence-electron chi connectivity index (χ0n) is 69.5. The zero-order chi connectivity index (χ0) is 89.2. The van der Waals surface area contributed by atoms with Gasteiger partial charge in [0.2, 0.25) is 17.7 Å². The molecule has 662 valence electrons. The van der Waals surface area contributed by atoms with Gasteiger partial charge < -0.3 is 93.2 Å². The van der Waals surface area contributed by atoms with E-state index in [2.05, 4.69) is 139 Å². The fourth-order valence-corrected chi connectivity index (χ4v) is 17.1. The molecule has 15 heterocycles. The number of halogens is 4. The Morgan fingerprint density at radius 2 is 0.721 bits per heavy atom. The van der Waals surface area contributed by atoms with Crippen LogP contribution in [0.2, 0.25) is 0 Å². The quantitative estimate of drug-likeness (QED) is 0.0433. The van der Waals surface area contributed by atoms with Gasteiger partial charge in [0.25, 0.3) is 5.91 Å². The second kappa shape index (κ2) is 39.3. The van der Waals surface area contributed by atoms with Gasteiger partial charge in [0, 0.05) is 157 Å². The number of amides is 4. The molecule has 7 aliphatic heterocycles. The highest BCUT2D eigenvalue weighted by atomic mass is 32.2. The van der Waals surface area contributed by atoms with E-state index >= 15 is 0 Å². The summed E-state index contributed by atoms with van der Waals surface area (Å²) in [7, 11) is 7.04. The molecule has 0 spiro atoms. The van der Waals surface area contributed by atoms with Gasteiger partial charge in [0.15, 0.2) is 32.7 Å². The summed E-state index contributed by atoms with van der Waals surface area (Å²) in [4.78, 5) is 114. The molecule has 16 bridgehead atoms. The van der Waals surface area contributed by atoms with Gasteiger partial charge in [0.1, 0.15) is 52.3 Å². The van der Waals surface area contributed by atoms with E-state index < -0.39 is 0 Å². The smallest absolute Gasteiger partial charge is 0.324 e. The lowest BCUT2D eigenvalue weighted by molar-refractivity contribution is -0.119. The number of rotatable bonds is 5. The number of carbonyl (C=O) groups is 4. The Labute approximate surface area is 746 Å². The number of fused-ring (bicyclic) bond motifs is 46. The first-order chi connectivity index (χ1) is 62.9. The third-order valence-electron chi connectivity index (χ3n) is 21.0. The number of nitrogens with one attached hydrogen (secondary N) is 12. The number of hydrogen-bond acceptors (Lipinski definition) is 36. The normalized spacial score (nSPS) is 15.7. The van der Waals surface area contributed by atoms with Crippen molar-refractivity contribution in [1.82, 2.24) is 96.0 Å². The van der Waals surface area contributed by atoms with Crippen LogP contribution >= 0.6 is 35.3 Å². The van der Waals surface area contributed by atoms with Crippen LogP contribution < -0.4 is 88.5 Å². The maximum absolute atomic E-state index is 14.5. The molecule has 12 aromatic rings. The molecule has 0 unspecified atom stereocenters. The van der Waals surface area contributed by atoms with Crippen molar-refractivity contribution in [1.29, 1.82) is 0 Å². The molecule has 8 aromatic heterocycles. The highest BCUT2D eigenvalue weighted by molar-refractivity contribution is 8.00. The molecule has 44 heteroatoms. The first-order valence-corrected chi connectivity index (χ1v) is 43.8. The average molecular weight is 1810 g/mol. The summed E-state index contributed by atoms with van der Waals surface area (Å²) in [6, 6.07) is 13.7. The van der Waals surface area contributed by atoms with E-state index in [1.807, 2.05) is 0 Å². The SMILES string of the molecule is CNc1cc(F)cc2c1Cc1nc3nc(c1-2)NCCCNC(=O)CSc1ncc(cn1)O3.CNc1cc(F)cc2c1Cc1nc3nc(c1-2)NCCCNC(=O)CSc1ncc(cn1)O3.CNc1cc(F)cc2c1Cc1nc3nc(c1-2)NCCNC(=O)c1cncc(c1)O3.CNc1cc(F)cc2c1Cc1nc3nc(c1-2)N[C@H](CN)COCCNC(=O)CSc1ncc(cn1)O3. The van der Waals surface area contributed by atoms with Crippen molar-refractivity contribution in [3.05, 3.63) is 178 Å². The topological polar surface area (TPSA) is 478 Å². The minimum absolute atomic E-state index is 0.0831. The lowest BCUT2D eigenvalue weighted by Gasteiger charge is -2.20. The first-order valence-electron chi connectivity index (χ1n) is 40.9. The second-order valence-electron chi connectivity index (χ2n) is 29.6. The second-order valence-corrected chi connectivity index (χ2v) is 32.4. The third kappa shape index (κ3) is 20.1. The monoisotopic (exact) mass is 1810 g/mol. The van der Waals surface area contributed by atoms with Gasteiger partial charge in [-0.15, -0.1) is 0 Å². The number of benzene rings is 4. The summed E-state index contributed by atoms with van der Waals surface area (Å²) in [6.45, 7) is 4.18. The number of hydrogen-bond donors (Lipinski definition) is 13. The Morgan fingerprint density at radius 3 is 1.09 bits per heavy atom. The Bertz CT molecular complexity index is 6120. The highest BCUT2D eigenvalue weighted by Crippen LogP contribution is 2.50. The van der Waals surface area contributed by atoms with Crippen LogP contribution in [0.3, 0.4) is 0 Å². The Kier molecular flexibility index (Phi) is 26.5. The molecule has 0 fully saturated rings. The van der Waals surface area contributed by atoms with Gasteiger partial charge >= 0.3 is 24.0 Å². The standard InChI is InChI=1S/C23H25FN8O3S.2C21H20FN7O2S.C20H17FN6O2/c1-26-17-5-12(24)4-16-15(17)6-18-20(16)21-30-13(7-25)10-34-3-2-27-19(33)11-36-23-28-8-14(9-29-23)35-22(31-18)32-21;2*1-23-15-6-11(22)5-14-13(15)7-16-18(14)19-25-4-2-3-24-17(30)10-32-21-26-8-12(9-27-21)31-20(28-16)29-19;1-22-15-6-11(21)5-14-13(15)7-16-17(14)18-24-2-3-25-19(28)10-4-12(9-23-8-10)29-20(26-16)27-18/h4-5,8-9,13,26H,2-3,6-7,10-11,25H2,1H3,(H,27,33)(H,30,31,32);2*5-6,8-9,23H,2-4,7,10H2,1H3,(H,24,30)(H,25,28,29);4-6,8-9,22H,2-3,7H2,1H3,(H,25,28)(H,24,26,27)/t13-;;;/m1.../s1. The molecule has 37 nitrogen and oxygen atoms in total. The molecule has 1 atom stereocenters. The van der Waals surface area contributed by atoms with Crippen molar-refractivity contribution < 1.29 is 60.4 Å². The van der Waals surface area contributed by atoms with Crippen LogP contribution in [0, 0.1) is 23.3 Å². The largest absolute Gasteiger partial charge is 0.423 e. The predicted octanol–water partition coefficient (Wildman–Crippen LogP) is 10.0. The lowest BCUT2D eigenvalue weighted by Crippen LogP contribution is -2.35. The van der Waals surface area contributed by atoms with Gasteiger partial charge in [-0.1, -0.05) is 35.3 Å². The summed E-state index contributed by atoms with van der Waals surface area (Å²) >= 11 is 3.72. The van der Waals surface area contributed by atoms with Crippen LogP contribution in [0.25, 0.3) is 44.5 Å². The van der Waals surface area contributed by atoms with E-state index in [4.69, 9.17) is 29.4 Å². The summed E-state index contributed by atoms with van der Waals surface area (Å²) in [5.74, 6) is 2.31. The maximum atomic E-state index is 14.5. The Balaban J connectivity index is 0.000000121. The molecular formula is C85H82F4N28O9S3. The molecule has 11 aliphatic rings. The molecule has 129 heavy (non-hydrogen) atoms. The van der Waals surface area contributed by atoms with Crippen molar-refractivity contribution in [3.8, 4) is 91.5 Å². The third-order valence-corrected chi connectivity index (χ3v) is 23.6. The van der Waals surface area contributed by atoms with Crippen molar-refractivity contribution in [2.24, 2.45) is 5.73 Å². The van der Waals surface area contributed by atoms with Crippen LogP contribution in [0.1, 0.15) is 68.2 Å². The van der Waals surface area contributed by atoms with Crippen molar-refractivity contribution >= 4 is 105 Å². The average Bonchev–Trinajstić information content (AvgIpc) is 1.62. The van der Waals surface area contributed by atoms with Gasteiger partial charge in [-0.05, 0) is 112 Å². The summed E-state index contributed by atoms with van der Waals surface area (Å²) in [6.07, 6.45) is 15.5. The number of ether oxygens (including phenoxy) is 5. The summed E-state index contributed by atoms with van der Waals surface area (Å²) in [5, 5.41) is 38.2. The molecule has 14 N–H and O–H groups in total. The molecule has 4 aromatic carbocycles. The van der Waals surface area contributed by atoms with Crippen LogP contribution in [0.4, 0.5) is 63.6 Å². The Morgan fingerprint density at radius 1 is 0.388 bits per heavy atom. The lowest BCUT2D eigenvalue weighted by atomic mass is 10.0. The van der Waals surface area contributed by atoms with E-state index in [-0.39, 0.29) is 107 Å². The fraction of sp³-hybridized carbons (Fsp3) is 0.282. The van der Waals surface area contributed by atoms with Gasteiger partial charge in [-0.25, -0.2) is 47.5 Å². The van der Waals surface area contributed by atoms with Crippen LogP contribution in [-0.2, 0) is 44.8 Å². The number of anilines is 8. The number of carbonyl (C=O) groups excluding carboxylic acids is 4. The molecule has 0 saturated heterocycles. The number of nitrogens with two attached hydrogens (primary N) is 1. The van der Waals surface area contributed by atoms with Crippen molar-refractivity contribution in [2.75, 3.05) is 154 Å². The van der Waals surface area contributed by atoms with E-state index in [1.54, 1.807) is 34.3 Å². The Hall–Kier alpha value is -14.2. The van der Waals surface area contributed by atoms with Crippen molar-refractivity contribution in [2.45, 2.75) is 60.0 Å². The number of aromatic nitrogens is 15. The van der Waals surface area contributed by atoms with E-state index in [9.17, 15) is 36.7 Å². The van der Waals surface area contributed by atoms with Gasteiger partial charge in [0.05, 0.1) is 108 Å². The molecule has 23 rings (SSSR count). The van der Waals surface area contributed by atoms with E-state index in [0.717, 1.165) is 72.7 Å². The van der Waals surface area contributed by atoms with Crippen LogP contribution in [0.5, 0.6) is 47.0 Å². The van der Waals surface area contributed by atoms with Crippen LogP contribution in [-0.4, -0.2) is 215 Å². The van der Waals surface area contributed by atoms with Crippen molar-refractivity contribution in [3.63, 3.8) is 0 Å². The minimum atomic E-state index is -0.366. The zero-order valence-corrected chi connectivity index (χ0v) is 72.0. The number of nitrogens with zero attached hydrogens (tertiary/aromatic N) is 15. The summed E-state index contributed by atoms with van der Waals surface area (Å²) < 4.78 is 86.3. The van der Waals surface area contributed by atoms with E-state index in [1.165, 1.54) is 133 Å². The van der Waals surface area contributed by atoms with E-state index in [0.29, 0.717) is 198 Å². The van der Waals surface area contributed by atoms with Gasteiger partial charge in [-0.2, -0.15) is 39.9 Å². The maximum Gasteiger partial charge on any atom is 0.324 e.